The number of aromatic nitrogens is 1. The molecule has 2 aliphatic rings. The molecule has 8 nitrogen and oxygen atoms in total. The molecular formula is C27H37N5O3. The number of likely N-dealkylation sites (tertiary alicyclic amines) is 1. The van der Waals surface area contributed by atoms with Crippen LogP contribution >= 0.6 is 0 Å². The summed E-state index contributed by atoms with van der Waals surface area (Å²) in [5, 5.41) is 6.19. The lowest BCUT2D eigenvalue weighted by Crippen LogP contribution is -2.58. The minimum absolute atomic E-state index is 0.0529. The second-order valence-corrected chi connectivity index (χ2v) is 9.30. The molecule has 1 aromatic heterocycles. The van der Waals surface area contributed by atoms with E-state index in [0.29, 0.717) is 37.6 Å². The molecule has 3 amide bonds. The van der Waals surface area contributed by atoms with Crippen molar-refractivity contribution in [3.63, 3.8) is 0 Å². The van der Waals surface area contributed by atoms with E-state index in [2.05, 4.69) is 20.5 Å². The third-order valence-electron chi connectivity index (χ3n) is 6.91. The molecule has 3 heterocycles. The highest BCUT2D eigenvalue weighted by Crippen LogP contribution is 2.28. The van der Waals surface area contributed by atoms with Gasteiger partial charge in [0.15, 0.2) is 0 Å². The predicted octanol–water partition coefficient (Wildman–Crippen LogP) is 3.90. The minimum atomic E-state index is -0.158. The second kappa shape index (κ2) is 12.5. The number of carbonyl (C=O) groups excluding carboxylic acids is 2. The van der Waals surface area contributed by atoms with Gasteiger partial charge in [0, 0.05) is 44.6 Å². The number of benzene rings is 1. The molecule has 2 aromatic rings. The molecular weight excluding hydrogens is 442 g/mol. The van der Waals surface area contributed by atoms with E-state index in [4.69, 9.17) is 4.74 Å². The Hall–Kier alpha value is -3.13. The van der Waals surface area contributed by atoms with E-state index >= 15 is 0 Å². The number of ether oxygens (including phenoxy) is 1. The van der Waals surface area contributed by atoms with Crippen LogP contribution in [0.25, 0.3) is 0 Å². The van der Waals surface area contributed by atoms with Gasteiger partial charge in [-0.3, -0.25) is 14.7 Å². The standard InChI is InChI=1S/C27H37N5O3/c1-2-35-25-10-6-5-9-23(25)30-27(34)32-18-13-22-24(20-32)31(19-21-11-15-28-16-12-21)17-8-4-3-7-14-29-26(22)33/h5-6,9-12,15-16,22,24H,2-4,7-8,13-14,17-20H2,1H3,(H,29,33)(H,30,34)/t22-,24-/m1/s1. The largest absolute Gasteiger partial charge is 0.492 e. The molecule has 2 fully saturated rings. The van der Waals surface area contributed by atoms with Crippen LogP contribution in [0.15, 0.2) is 48.8 Å². The van der Waals surface area contributed by atoms with E-state index in [1.807, 2.05) is 60.6 Å². The normalized spacial score (nSPS) is 21.9. The van der Waals surface area contributed by atoms with E-state index in [1.54, 1.807) is 0 Å². The van der Waals surface area contributed by atoms with E-state index < -0.39 is 0 Å². The van der Waals surface area contributed by atoms with E-state index in [9.17, 15) is 9.59 Å². The lowest BCUT2D eigenvalue weighted by molar-refractivity contribution is -0.129. The number of nitrogens with one attached hydrogen (secondary N) is 2. The third kappa shape index (κ3) is 6.72. The quantitative estimate of drug-likeness (QED) is 0.679. The van der Waals surface area contributed by atoms with Gasteiger partial charge in [-0.1, -0.05) is 25.0 Å². The Labute approximate surface area is 208 Å². The zero-order valence-corrected chi connectivity index (χ0v) is 20.6. The number of amides is 3. The number of para-hydroxylation sites is 2. The summed E-state index contributed by atoms with van der Waals surface area (Å²) in [6.07, 6.45) is 8.61. The number of piperidine rings is 1. The Morgan fingerprint density at radius 2 is 1.91 bits per heavy atom. The minimum Gasteiger partial charge on any atom is -0.492 e. The van der Waals surface area contributed by atoms with Gasteiger partial charge in [-0.25, -0.2) is 4.79 Å². The lowest BCUT2D eigenvalue weighted by atomic mass is 9.89. The van der Waals surface area contributed by atoms with Gasteiger partial charge in [0.25, 0.3) is 0 Å². The van der Waals surface area contributed by atoms with Gasteiger partial charge in [0.1, 0.15) is 5.75 Å². The fourth-order valence-corrected chi connectivity index (χ4v) is 5.06. The third-order valence-corrected chi connectivity index (χ3v) is 6.91. The maximum atomic E-state index is 13.3. The van der Waals surface area contributed by atoms with Crippen LogP contribution < -0.4 is 15.4 Å². The topological polar surface area (TPSA) is 86.8 Å². The molecule has 35 heavy (non-hydrogen) atoms. The summed E-state index contributed by atoms with van der Waals surface area (Å²) >= 11 is 0. The van der Waals surface area contributed by atoms with Crippen molar-refractivity contribution in [2.45, 2.75) is 51.6 Å². The van der Waals surface area contributed by atoms with Crippen LogP contribution in [0.3, 0.4) is 0 Å². The van der Waals surface area contributed by atoms with Crippen LogP contribution in [-0.4, -0.2) is 65.5 Å². The average molecular weight is 480 g/mol. The molecule has 2 atom stereocenters. The summed E-state index contributed by atoms with van der Waals surface area (Å²) in [5.41, 5.74) is 1.83. The number of urea groups is 1. The zero-order chi connectivity index (χ0) is 24.5. The Kier molecular flexibility index (Phi) is 8.95. The van der Waals surface area contributed by atoms with Crippen molar-refractivity contribution < 1.29 is 14.3 Å². The highest BCUT2D eigenvalue weighted by atomic mass is 16.5. The molecule has 0 aliphatic carbocycles. The average Bonchev–Trinajstić information content (AvgIpc) is 2.91. The molecule has 1 aromatic carbocycles. The summed E-state index contributed by atoms with van der Waals surface area (Å²) in [4.78, 5) is 34.9. The van der Waals surface area contributed by atoms with Crippen LogP contribution in [0.1, 0.15) is 44.6 Å². The van der Waals surface area contributed by atoms with Gasteiger partial charge >= 0.3 is 6.03 Å². The first-order valence-corrected chi connectivity index (χ1v) is 12.8. The number of carbonyl (C=O) groups is 2. The van der Waals surface area contributed by atoms with E-state index in [1.165, 1.54) is 5.56 Å². The molecule has 4 rings (SSSR count). The number of hydrogen-bond donors (Lipinski definition) is 2. The Morgan fingerprint density at radius 3 is 2.74 bits per heavy atom. The highest BCUT2D eigenvalue weighted by molar-refractivity contribution is 5.91. The monoisotopic (exact) mass is 479 g/mol. The number of pyridine rings is 1. The van der Waals surface area contributed by atoms with Crippen LogP contribution in [0.5, 0.6) is 5.75 Å². The van der Waals surface area contributed by atoms with Crippen LogP contribution in [-0.2, 0) is 11.3 Å². The summed E-state index contributed by atoms with van der Waals surface area (Å²) < 4.78 is 5.68. The first-order valence-electron chi connectivity index (χ1n) is 12.8. The van der Waals surface area contributed by atoms with Crippen molar-refractivity contribution in [1.29, 1.82) is 0 Å². The first-order chi connectivity index (χ1) is 17.2. The number of hydrogen-bond acceptors (Lipinski definition) is 5. The van der Waals surface area contributed by atoms with Crippen molar-refractivity contribution in [3.05, 3.63) is 54.4 Å². The SMILES string of the molecule is CCOc1ccccc1NC(=O)N1CC[C@H]2C(=O)NCCCCCCN(Cc3ccncc3)[C@@H]2C1. The van der Waals surface area contributed by atoms with Crippen LogP contribution in [0.4, 0.5) is 10.5 Å². The second-order valence-electron chi connectivity index (χ2n) is 9.30. The molecule has 0 spiro atoms. The van der Waals surface area contributed by atoms with E-state index in [-0.39, 0.29) is 23.9 Å². The van der Waals surface area contributed by atoms with Gasteiger partial charge in [-0.2, -0.15) is 0 Å². The Morgan fingerprint density at radius 1 is 1.11 bits per heavy atom. The summed E-state index contributed by atoms with van der Waals surface area (Å²) in [5.74, 6) is 0.625. The fraction of sp³-hybridized carbons (Fsp3) is 0.519. The molecule has 0 unspecified atom stereocenters. The summed E-state index contributed by atoms with van der Waals surface area (Å²) in [6.45, 7) is 5.86. The van der Waals surface area contributed by atoms with Crippen molar-refractivity contribution in [2.24, 2.45) is 5.92 Å². The fourth-order valence-electron chi connectivity index (χ4n) is 5.06. The molecule has 2 saturated heterocycles. The van der Waals surface area contributed by atoms with Gasteiger partial charge in [-0.05, 0) is 62.6 Å². The van der Waals surface area contributed by atoms with Crippen LogP contribution in [0, 0.1) is 5.92 Å². The summed E-state index contributed by atoms with van der Waals surface area (Å²) in [6, 6.07) is 11.3. The zero-order valence-electron chi connectivity index (χ0n) is 20.6. The van der Waals surface area contributed by atoms with Crippen molar-refractivity contribution in [1.82, 2.24) is 20.1 Å². The lowest BCUT2D eigenvalue weighted by Gasteiger charge is -2.43. The van der Waals surface area contributed by atoms with Crippen LogP contribution in [0.2, 0.25) is 0 Å². The molecule has 0 saturated carbocycles. The molecule has 0 radical (unpaired) electrons. The first kappa shape index (κ1) is 25.0. The highest BCUT2D eigenvalue weighted by Gasteiger charge is 2.39. The maximum absolute atomic E-state index is 13.3. The summed E-state index contributed by atoms with van der Waals surface area (Å²) in [7, 11) is 0. The number of fused-ring (bicyclic) bond motifs is 1. The molecule has 8 heteroatoms. The predicted molar refractivity (Wildman–Crippen MR) is 136 cm³/mol. The van der Waals surface area contributed by atoms with Gasteiger partial charge in [0.05, 0.1) is 18.2 Å². The van der Waals surface area contributed by atoms with Crippen molar-refractivity contribution >= 4 is 17.6 Å². The van der Waals surface area contributed by atoms with Crippen molar-refractivity contribution in [3.8, 4) is 5.75 Å². The smallest absolute Gasteiger partial charge is 0.322 e. The molecule has 2 N–H and O–H groups in total. The Bertz CT molecular complexity index is 970. The number of anilines is 1. The number of nitrogens with zero attached hydrogens (tertiary/aromatic N) is 3. The molecule has 0 bridgehead atoms. The molecule has 188 valence electrons. The van der Waals surface area contributed by atoms with Gasteiger partial charge in [0.2, 0.25) is 5.91 Å². The van der Waals surface area contributed by atoms with Gasteiger partial charge < -0.3 is 20.3 Å². The Balaban J connectivity index is 1.54. The number of rotatable bonds is 5. The maximum Gasteiger partial charge on any atom is 0.322 e. The van der Waals surface area contributed by atoms with Crippen molar-refractivity contribution in [2.75, 3.05) is 38.1 Å². The van der Waals surface area contributed by atoms with E-state index in [0.717, 1.165) is 45.3 Å². The van der Waals surface area contributed by atoms with Gasteiger partial charge in [-0.15, -0.1) is 0 Å². The molecule has 2 aliphatic heterocycles.